The summed E-state index contributed by atoms with van der Waals surface area (Å²) < 4.78 is 5.78. The molecule has 3 heteroatoms. The molecule has 1 heterocycles. The molecule has 2 aliphatic rings. The van der Waals surface area contributed by atoms with Crippen LogP contribution in [0.4, 0.5) is 0 Å². The van der Waals surface area contributed by atoms with Crippen molar-refractivity contribution >= 4 is 31.0 Å². The topological polar surface area (TPSA) is 13.1 Å². The maximum Gasteiger partial charge on any atom is 0.130 e. The smallest absolute Gasteiger partial charge is 0.130 e. The first-order chi connectivity index (χ1) is 7.25. The molecule has 0 saturated carbocycles. The fraction of sp³-hybridized carbons (Fsp3) is 0.333. The molecule has 0 fully saturated rings. The third kappa shape index (κ3) is 1.39. The van der Waals surface area contributed by atoms with Gasteiger partial charge < -0.3 is 4.42 Å². The molecule has 15 heavy (non-hydrogen) atoms. The van der Waals surface area contributed by atoms with Gasteiger partial charge in [0.05, 0.1) is 5.38 Å². The third-order valence-electron chi connectivity index (χ3n) is 2.99. The van der Waals surface area contributed by atoms with Crippen LogP contribution in [0.15, 0.2) is 16.6 Å². The van der Waals surface area contributed by atoms with Crippen molar-refractivity contribution in [3.05, 3.63) is 34.8 Å². The first-order valence-electron chi connectivity index (χ1n) is 5.18. The molecule has 1 nitrogen and oxygen atoms in total. The molecule has 0 N–H and O–H groups in total. The van der Waals surface area contributed by atoms with Crippen molar-refractivity contribution < 1.29 is 4.42 Å². The third-order valence-corrected chi connectivity index (χ3v) is 3.29. The van der Waals surface area contributed by atoms with Crippen molar-refractivity contribution in [2.75, 3.05) is 0 Å². The summed E-state index contributed by atoms with van der Waals surface area (Å²) in [7, 11) is 5.99. The van der Waals surface area contributed by atoms with Crippen LogP contribution in [0.25, 0.3) is 11.5 Å². The molecule has 0 spiro atoms. The Morgan fingerprint density at radius 3 is 3.20 bits per heavy atom. The van der Waals surface area contributed by atoms with E-state index in [1.165, 1.54) is 5.56 Å². The number of rotatable bonds is 0. The van der Waals surface area contributed by atoms with Gasteiger partial charge in [0.25, 0.3) is 0 Å². The lowest BCUT2D eigenvalue weighted by Crippen LogP contribution is -2.07. The van der Waals surface area contributed by atoms with Gasteiger partial charge in [-0.05, 0) is 18.9 Å². The minimum absolute atomic E-state index is 0.0638. The molecule has 0 aromatic carbocycles. The molecule has 2 aliphatic carbocycles. The van der Waals surface area contributed by atoms with E-state index in [0.717, 1.165) is 41.8 Å². The summed E-state index contributed by atoms with van der Waals surface area (Å²) in [5.74, 6) is 1.96. The molecule has 2 radical (unpaired) electrons. The summed E-state index contributed by atoms with van der Waals surface area (Å²) in [5, 5.41) is 0.0638. The molecule has 1 aromatic heterocycles. The molecule has 0 bridgehead atoms. The van der Waals surface area contributed by atoms with Gasteiger partial charge in [-0.1, -0.05) is 17.6 Å². The van der Waals surface area contributed by atoms with E-state index in [1.54, 1.807) is 0 Å². The van der Waals surface area contributed by atoms with Gasteiger partial charge in [-0.25, -0.2) is 0 Å². The number of alkyl halides is 1. The maximum absolute atomic E-state index is 6.10. The van der Waals surface area contributed by atoms with E-state index in [1.807, 2.05) is 12.2 Å². The molecule has 74 valence electrons. The summed E-state index contributed by atoms with van der Waals surface area (Å²) in [6, 6.07) is 0. The Bertz CT molecular complexity index is 470. The Balaban J connectivity index is 2.19. The lowest BCUT2D eigenvalue weighted by atomic mass is 9.80. The van der Waals surface area contributed by atoms with E-state index in [0.29, 0.717) is 0 Å². The van der Waals surface area contributed by atoms with E-state index in [9.17, 15) is 0 Å². The largest absolute Gasteiger partial charge is 0.461 e. The fourth-order valence-corrected chi connectivity index (χ4v) is 2.53. The van der Waals surface area contributed by atoms with Crippen LogP contribution in [0.5, 0.6) is 0 Å². The summed E-state index contributed by atoms with van der Waals surface area (Å²) in [6.45, 7) is 0. The highest BCUT2D eigenvalue weighted by Gasteiger charge is 2.24. The SMILES string of the molecule is [B]C1=CCCc2oc3c(c21)CC(Cl)C=C3. The quantitative estimate of drug-likeness (QED) is 0.480. The molecule has 0 aliphatic heterocycles. The monoisotopic (exact) mass is 216 g/mol. The van der Waals surface area contributed by atoms with Gasteiger partial charge in [-0.15, -0.1) is 11.6 Å². The first-order valence-corrected chi connectivity index (χ1v) is 5.62. The second-order valence-corrected chi connectivity index (χ2v) is 4.58. The maximum atomic E-state index is 6.10. The van der Waals surface area contributed by atoms with Crippen molar-refractivity contribution in [1.82, 2.24) is 0 Å². The van der Waals surface area contributed by atoms with Crippen LogP contribution in [0.2, 0.25) is 0 Å². The van der Waals surface area contributed by atoms with Crippen LogP contribution >= 0.6 is 11.6 Å². The number of hydrogen-bond donors (Lipinski definition) is 0. The molecule has 0 saturated heterocycles. The highest BCUT2D eigenvalue weighted by Crippen LogP contribution is 2.36. The van der Waals surface area contributed by atoms with Crippen LogP contribution in [-0.4, -0.2) is 13.2 Å². The normalized spacial score (nSPS) is 23.3. The molecule has 3 rings (SSSR count). The second-order valence-electron chi connectivity index (χ2n) is 4.02. The van der Waals surface area contributed by atoms with Crippen LogP contribution < -0.4 is 0 Å². The highest BCUT2D eigenvalue weighted by atomic mass is 35.5. The van der Waals surface area contributed by atoms with Crippen LogP contribution in [0.1, 0.15) is 29.1 Å². The average Bonchev–Trinajstić information content (AvgIpc) is 2.57. The van der Waals surface area contributed by atoms with Crippen molar-refractivity contribution in [2.45, 2.75) is 24.6 Å². The van der Waals surface area contributed by atoms with Gasteiger partial charge in [0.1, 0.15) is 19.4 Å². The number of furan rings is 1. The minimum atomic E-state index is 0.0638. The predicted octanol–water partition coefficient (Wildman–Crippen LogP) is 2.91. The van der Waals surface area contributed by atoms with Gasteiger partial charge in [-0.2, -0.15) is 0 Å². The lowest BCUT2D eigenvalue weighted by Gasteiger charge is -2.14. The van der Waals surface area contributed by atoms with Crippen molar-refractivity contribution in [3.63, 3.8) is 0 Å². The molecule has 1 atom stereocenters. The summed E-state index contributed by atoms with van der Waals surface area (Å²) in [6.07, 6.45) is 8.74. The zero-order valence-electron chi connectivity index (χ0n) is 8.29. The Morgan fingerprint density at radius 1 is 1.47 bits per heavy atom. The molecule has 1 aromatic rings. The van der Waals surface area contributed by atoms with E-state index < -0.39 is 0 Å². The number of aryl methyl sites for hydroxylation is 1. The van der Waals surface area contributed by atoms with E-state index >= 15 is 0 Å². The van der Waals surface area contributed by atoms with E-state index in [2.05, 4.69) is 6.08 Å². The van der Waals surface area contributed by atoms with Gasteiger partial charge >= 0.3 is 0 Å². The van der Waals surface area contributed by atoms with Crippen LogP contribution in [-0.2, 0) is 12.8 Å². The second kappa shape index (κ2) is 3.31. The number of fused-ring (bicyclic) bond motifs is 3. The average molecular weight is 216 g/mol. The zero-order chi connectivity index (χ0) is 10.4. The van der Waals surface area contributed by atoms with Gasteiger partial charge in [0, 0.05) is 17.5 Å². The molecule has 0 amide bonds. The van der Waals surface area contributed by atoms with Crippen molar-refractivity contribution in [3.8, 4) is 0 Å². The number of halogens is 1. The first kappa shape index (κ1) is 9.35. The Labute approximate surface area is 95.2 Å². The Hall–Kier alpha value is -0.885. The Kier molecular flexibility index (Phi) is 2.06. The minimum Gasteiger partial charge on any atom is -0.461 e. The highest BCUT2D eigenvalue weighted by molar-refractivity contribution is 6.42. The van der Waals surface area contributed by atoms with Crippen LogP contribution in [0.3, 0.4) is 0 Å². The van der Waals surface area contributed by atoms with Gasteiger partial charge in [0.2, 0.25) is 0 Å². The van der Waals surface area contributed by atoms with Crippen molar-refractivity contribution in [1.29, 1.82) is 0 Å². The predicted molar refractivity (Wildman–Crippen MR) is 63.1 cm³/mol. The zero-order valence-corrected chi connectivity index (χ0v) is 9.05. The lowest BCUT2D eigenvalue weighted by molar-refractivity contribution is 0.496. The van der Waals surface area contributed by atoms with Crippen LogP contribution in [0, 0.1) is 0 Å². The van der Waals surface area contributed by atoms with E-state index in [4.69, 9.17) is 23.9 Å². The molecular weight excluding hydrogens is 206 g/mol. The number of allylic oxidation sites excluding steroid dienone is 2. The van der Waals surface area contributed by atoms with Crippen molar-refractivity contribution in [2.24, 2.45) is 0 Å². The standard InChI is InChI=1S/C12H10BClO/c13-9-2-1-3-11-12(9)8-6-7(14)4-5-10(8)15-11/h2,4-5,7H,1,3,6H2. The van der Waals surface area contributed by atoms with E-state index in [-0.39, 0.29) is 5.38 Å². The summed E-state index contributed by atoms with van der Waals surface area (Å²) in [5.41, 5.74) is 3.13. The summed E-state index contributed by atoms with van der Waals surface area (Å²) in [4.78, 5) is 0. The Morgan fingerprint density at radius 2 is 2.33 bits per heavy atom. The number of hydrogen-bond acceptors (Lipinski definition) is 1. The molecular formula is C12H10BClO. The summed E-state index contributed by atoms with van der Waals surface area (Å²) >= 11 is 6.10. The van der Waals surface area contributed by atoms with Gasteiger partial charge in [0.15, 0.2) is 0 Å². The van der Waals surface area contributed by atoms with Gasteiger partial charge in [-0.3, -0.25) is 0 Å². The molecule has 1 unspecified atom stereocenters. The fourth-order valence-electron chi connectivity index (χ4n) is 2.30.